The van der Waals surface area contributed by atoms with Gasteiger partial charge in [-0.1, -0.05) is 19.4 Å². The van der Waals surface area contributed by atoms with Gasteiger partial charge in [-0.15, -0.1) is 0 Å². The summed E-state index contributed by atoms with van der Waals surface area (Å²) in [5, 5.41) is 0. The average Bonchev–Trinajstić information content (AvgIpc) is 2.36. The van der Waals surface area contributed by atoms with Crippen molar-refractivity contribution in [1.29, 1.82) is 0 Å². The Hall–Kier alpha value is -1.78. The molecule has 1 aromatic carbocycles. The number of benzene rings is 1. The minimum absolute atomic E-state index is 0.170. The van der Waals surface area contributed by atoms with E-state index in [2.05, 4.69) is 0 Å². The van der Waals surface area contributed by atoms with Gasteiger partial charge in [-0.2, -0.15) is 0 Å². The molecule has 0 aliphatic carbocycles. The number of hydrogen-bond donors (Lipinski definition) is 0. The molecule has 0 bridgehead atoms. The van der Waals surface area contributed by atoms with E-state index in [1.807, 2.05) is 6.92 Å². The van der Waals surface area contributed by atoms with Crippen LogP contribution in [0.1, 0.15) is 43.0 Å². The highest BCUT2D eigenvalue weighted by atomic mass is 19.1. The second-order valence-corrected chi connectivity index (χ2v) is 4.09. The van der Waals surface area contributed by atoms with Gasteiger partial charge < -0.3 is 4.74 Å². The standard InChI is InChI=1S/C14H16F2O3/c1-2-3-9-19-13(18)8-7-12(17)14-10(15)5-4-6-11(14)16/h4-6H,2-3,7-9H2,1H3. The number of hydrogen-bond acceptors (Lipinski definition) is 3. The molecule has 0 atom stereocenters. The number of unbranched alkanes of at least 4 members (excludes halogenated alkanes) is 1. The maximum Gasteiger partial charge on any atom is 0.306 e. The Kier molecular flexibility index (Phi) is 6.12. The van der Waals surface area contributed by atoms with Crippen molar-refractivity contribution in [3.8, 4) is 0 Å². The predicted octanol–water partition coefficient (Wildman–Crippen LogP) is 3.27. The number of ketones is 1. The molecule has 0 fully saturated rings. The second-order valence-electron chi connectivity index (χ2n) is 4.09. The molecule has 0 aliphatic heterocycles. The minimum Gasteiger partial charge on any atom is -0.466 e. The molecule has 0 unspecified atom stereocenters. The monoisotopic (exact) mass is 270 g/mol. The molecular formula is C14H16F2O3. The summed E-state index contributed by atoms with van der Waals surface area (Å²) in [5.74, 6) is -3.09. The van der Waals surface area contributed by atoms with Crippen molar-refractivity contribution in [1.82, 2.24) is 0 Å². The van der Waals surface area contributed by atoms with E-state index in [1.165, 1.54) is 6.07 Å². The molecule has 0 spiro atoms. The quantitative estimate of drug-likeness (QED) is 0.434. The maximum absolute atomic E-state index is 13.3. The van der Waals surface area contributed by atoms with E-state index < -0.39 is 29.0 Å². The van der Waals surface area contributed by atoms with E-state index in [9.17, 15) is 18.4 Å². The summed E-state index contributed by atoms with van der Waals surface area (Å²) in [4.78, 5) is 22.9. The van der Waals surface area contributed by atoms with Gasteiger partial charge >= 0.3 is 5.97 Å². The van der Waals surface area contributed by atoms with Crippen LogP contribution in [0, 0.1) is 11.6 Å². The number of carbonyl (C=O) groups excluding carboxylic acids is 2. The Morgan fingerprint density at radius 3 is 2.37 bits per heavy atom. The molecule has 0 radical (unpaired) electrons. The fourth-order valence-electron chi connectivity index (χ4n) is 1.51. The molecule has 19 heavy (non-hydrogen) atoms. The zero-order chi connectivity index (χ0) is 14.3. The molecule has 5 heteroatoms. The third kappa shape index (κ3) is 4.77. The maximum atomic E-state index is 13.3. The predicted molar refractivity (Wildman–Crippen MR) is 65.8 cm³/mol. The lowest BCUT2D eigenvalue weighted by Gasteiger charge is -2.05. The first-order chi connectivity index (χ1) is 9.06. The van der Waals surface area contributed by atoms with E-state index in [0.717, 1.165) is 25.0 Å². The lowest BCUT2D eigenvalue weighted by Crippen LogP contribution is -2.11. The Morgan fingerprint density at radius 1 is 1.16 bits per heavy atom. The zero-order valence-electron chi connectivity index (χ0n) is 10.7. The van der Waals surface area contributed by atoms with Gasteiger partial charge in [-0.3, -0.25) is 9.59 Å². The fourth-order valence-corrected chi connectivity index (χ4v) is 1.51. The van der Waals surface area contributed by atoms with Crippen LogP contribution in [-0.2, 0) is 9.53 Å². The summed E-state index contributed by atoms with van der Waals surface area (Å²) in [7, 11) is 0. The van der Waals surface area contributed by atoms with Crippen molar-refractivity contribution in [2.75, 3.05) is 6.61 Å². The summed E-state index contributed by atoms with van der Waals surface area (Å²) in [6.07, 6.45) is 1.22. The number of esters is 1. The third-order valence-corrected chi connectivity index (χ3v) is 2.56. The van der Waals surface area contributed by atoms with E-state index >= 15 is 0 Å². The van der Waals surface area contributed by atoms with E-state index in [1.54, 1.807) is 0 Å². The van der Waals surface area contributed by atoms with Crippen LogP contribution in [0.25, 0.3) is 0 Å². The first-order valence-corrected chi connectivity index (χ1v) is 6.19. The van der Waals surface area contributed by atoms with Gasteiger partial charge in [0.15, 0.2) is 5.78 Å². The van der Waals surface area contributed by atoms with Crippen LogP contribution in [0.5, 0.6) is 0 Å². The number of ether oxygens (including phenoxy) is 1. The molecule has 0 saturated carbocycles. The normalized spacial score (nSPS) is 10.3. The molecule has 1 rings (SSSR count). The third-order valence-electron chi connectivity index (χ3n) is 2.56. The van der Waals surface area contributed by atoms with Crippen LogP contribution in [-0.4, -0.2) is 18.4 Å². The molecule has 0 aliphatic rings. The van der Waals surface area contributed by atoms with Crippen molar-refractivity contribution in [3.63, 3.8) is 0 Å². The number of carbonyl (C=O) groups is 2. The molecule has 104 valence electrons. The number of Topliss-reactive ketones (excluding diaryl/α,β-unsaturated/α-hetero) is 1. The fraction of sp³-hybridized carbons (Fsp3) is 0.429. The van der Waals surface area contributed by atoms with Gasteiger partial charge in [0.2, 0.25) is 0 Å². The summed E-state index contributed by atoms with van der Waals surface area (Å²) >= 11 is 0. The molecule has 0 saturated heterocycles. The smallest absolute Gasteiger partial charge is 0.306 e. The van der Waals surface area contributed by atoms with Gasteiger partial charge in [-0.25, -0.2) is 8.78 Å². The van der Waals surface area contributed by atoms with Crippen LogP contribution in [0.15, 0.2) is 18.2 Å². The summed E-state index contributed by atoms with van der Waals surface area (Å²) in [5.41, 5.74) is -0.594. The van der Waals surface area contributed by atoms with Crippen molar-refractivity contribution in [3.05, 3.63) is 35.4 Å². The molecule has 1 aromatic rings. The van der Waals surface area contributed by atoms with Gasteiger partial charge in [0.05, 0.1) is 18.6 Å². The van der Waals surface area contributed by atoms with Crippen LogP contribution in [0.4, 0.5) is 8.78 Å². The van der Waals surface area contributed by atoms with Crippen LogP contribution >= 0.6 is 0 Å². The second kappa shape index (κ2) is 7.61. The Balaban J connectivity index is 2.49. The van der Waals surface area contributed by atoms with Gasteiger partial charge in [0.1, 0.15) is 11.6 Å². The van der Waals surface area contributed by atoms with Crippen LogP contribution < -0.4 is 0 Å². The first kappa shape index (κ1) is 15.3. The lowest BCUT2D eigenvalue weighted by atomic mass is 10.1. The zero-order valence-corrected chi connectivity index (χ0v) is 10.7. The van der Waals surface area contributed by atoms with Gasteiger partial charge in [-0.05, 0) is 18.6 Å². The molecule has 0 heterocycles. The van der Waals surface area contributed by atoms with Crippen LogP contribution in [0.3, 0.4) is 0 Å². The number of rotatable bonds is 7. The Bertz CT molecular complexity index is 438. The molecule has 3 nitrogen and oxygen atoms in total. The van der Waals surface area contributed by atoms with E-state index in [0.29, 0.717) is 6.61 Å². The molecular weight excluding hydrogens is 254 g/mol. The van der Waals surface area contributed by atoms with Gasteiger partial charge in [0, 0.05) is 6.42 Å². The van der Waals surface area contributed by atoms with E-state index in [4.69, 9.17) is 4.74 Å². The molecule has 0 amide bonds. The minimum atomic E-state index is -0.913. The van der Waals surface area contributed by atoms with E-state index in [-0.39, 0.29) is 12.8 Å². The molecule has 0 N–H and O–H groups in total. The molecule has 0 aromatic heterocycles. The average molecular weight is 270 g/mol. The SMILES string of the molecule is CCCCOC(=O)CCC(=O)c1c(F)cccc1F. The highest BCUT2D eigenvalue weighted by Gasteiger charge is 2.18. The highest BCUT2D eigenvalue weighted by molar-refractivity contribution is 5.98. The summed E-state index contributed by atoms with van der Waals surface area (Å²) in [6, 6.07) is 3.20. The van der Waals surface area contributed by atoms with Crippen molar-refractivity contribution >= 4 is 11.8 Å². The number of halogens is 2. The van der Waals surface area contributed by atoms with Crippen molar-refractivity contribution < 1.29 is 23.1 Å². The Morgan fingerprint density at radius 2 is 1.79 bits per heavy atom. The largest absolute Gasteiger partial charge is 0.466 e. The Labute approximate surface area is 110 Å². The van der Waals surface area contributed by atoms with Crippen molar-refractivity contribution in [2.24, 2.45) is 0 Å². The lowest BCUT2D eigenvalue weighted by molar-refractivity contribution is -0.143. The van der Waals surface area contributed by atoms with Gasteiger partial charge in [0.25, 0.3) is 0 Å². The summed E-state index contributed by atoms with van der Waals surface area (Å²) in [6.45, 7) is 2.26. The van der Waals surface area contributed by atoms with Crippen LogP contribution in [0.2, 0.25) is 0 Å². The summed E-state index contributed by atoms with van der Waals surface area (Å²) < 4.78 is 31.4. The highest BCUT2D eigenvalue weighted by Crippen LogP contribution is 2.15. The first-order valence-electron chi connectivity index (χ1n) is 6.19. The topological polar surface area (TPSA) is 43.4 Å². The van der Waals surface area contributed by atoms with Crippen molar-refractivity contribution in [2.45, 2.75) is 32.6 Å².